The van der Waals surface area contributed by atoms with E-state index in [1.54, 1.807) is 0 Å². The van der Waals surface area contributed by atoms with Gasteiger partial charge < -0.3 is 15.2 Å². The zero-order valence-electron chi connectivity index (χ0n) is 10.3. The fraction of sp³-hybridized carbons (Fsp3) is 0.917. The Kier molecular flexibility index (Phi) is 5.77. The van der Waals surface area contributed by atoms with Gasteiger partial charge in [-0.1, -0.05) is 12.8 Å². The van der Waals surface area contributed by atoms with Crippen molar-refractivity contribution in [1.29, 1.82) is 0 Å². The summed E-state index contributed by atoms with van der Waals surface area (Å²) < 4.78 is 10.5. The van der Waals surface area contributed by atoms with Gasteiger partial charge in [-0.05, 0) is 26.7 Å². The lowest BCUT2D eigenvalue weighted by Crippen LogP contribution is -2.40. The predicted molar refractivity (Wildman–Crippen MR) is 62.0 cm³/mol. The van der Waals surface area contributed by atoms with Crippen LogP contribution >= 0.6 is 0 Å². The van der Waals surface area contributed by atoms with E-state index in [4.69, 9.17) is 15.2 Å². The first-order valence-corrected chi connectivity index (χ1v) is 6.19. The highest BCUT2D eigenvalue weighted by Gasteiger charge is 2.30. The van der Waals surface area contributed by atoms with Gasteiger partial charge in [0.1, 0.15) is 6.10 Å². The van der Waals surface area contributed by atoms with Crippen molar-refractivity contribution >= 4 is 5.97 Å². The summed E-state index contributed by atoms with van der Waals surface area (Å²) >= 11 is 0. The predicted octanol–water partition coefficient (Wildman–Crippen LogP) is 1.47. The Hall–Kier alpha value is -0.610. The first-order valence-electron chi connectivity index (χ1n) is 6.19. The van der Waals surface area contributed by atoms with Gasteiger partial charge in [-0.15, -0.1) is 0 Å². The Bertz CT molecular complexity index is 220. The maximum Gasteiger partial charge on any atom is 0.310 e. The van der Waals surface area contributed by atoms with E-state index in [1.807, 2.05) is 13.8 Å². The molecule has 16 heavy (non-hydrogen) atoms. The van der Waals surface area contributed by atoms with Gasteiger partial charge in [0, 0.05) is 12.6 Å². The highest BCUT2D eigenvalue weighted by atomic mass is 16.6. The van der Waals surface area contributed by atoms with E-state index in [-0.39, 0.29) is 24.0 Å². The Morgan fingerprint density at radius 2 is 2.12 bits per heavy atom. The summed E-state index contributed by atoms with van der Waals surface area (Å²) in [5.41, 5.74) is 5.92. The zero-order valence-corrected chi connectivity index (χ0v) is 10.3. The third-order valence-electron chi connectivity index (χ3n) is 3.00. The average molecular weight is 229 g/mol. The molecule has 1 rings (SSSR count). The van der Waals surface area contributed by atoms with Crippen molar-refractivity contribution in [3.05, 3.63) is 0 Å². The molecule has 0 spiro atoms. The Balaban J connectivity index is 2.32. The van der Waals surface area contributed by atoms with Gasteiger partial charge in [0.05, 0.1) is 12.5 Å². The molecule has 0 heterocycles. The molecule has 1 aliphatic rings. The van der Waals surface area contributed by atoms with E-state index in [2.05, 4.69) is 0 Å². The summed E-state index contributed by atoms with van der Waals surface area (Å²) in [5.74, 6) is -0.266. The van der Waals surface area contributed by atoms with Gasteiger partial charge in [0.15, 0.2) is 0 Å². The fourth-order valence-electron chi connectivity index (χ4n) is 2.06. The summed E-state index contributed by atoms with van der Waals surface area (Å²) in [7, 11) is 0. The minimum absolute atomic E-state index is 0.0273. The van der Waals surface area contributed by atoms with Crippen LogP contribution in [0.3, 0.4) is 0 Å². The average Bonchev–Trinajstić information content (AvgIpc) is 2.26. The maximum atomic E-state index is 11.8. The molecule has 0 aliphatic heterocycles. The molecule has 3 unspecified atom stereocenters. The van der Waals surface area contributed by atoms with Crippen LogP contribution in [0.25, 0.3) is 0 Å². The third kappa shape index (κ3) is 4.10. The minimum atomic E-state index is -0.179. The van der Waals surface area contributed by atoms with Crippen molar-refractivity contribution in [2.45, 2.75) is 51.7 Å². The van der Waals surface area contributed by atoms with Crippen LogP contribution in [0.4, 0.5) is 0 Å². The number of hydrogen-bond acceptors (Lipinski definition) is 4. The molecule has 94 valence electrons. The second kappa shape index (κ2) is 6.86. The Labute approximate surface area is 97.5 Å². The molecule has 0 amide bonds. The van der Waals surface area contributed by atoms with Gasteiger partial charge in [0.25, 0.3) is 0 Å². The second-order valence-electron chi connectivity index (χ2n) is 4.46. The molecule has 0 aromatic heterocycles. The molecule has 4 heteroatoms. The number of hydrogen-bond donors (Lipinski definition) is 1. The van der Waals surface area contributed by atoms with E-state index >= 15 is 0 Å². The molecule has 4 nitrogen and oxygen atoms in total. The normalized spacial score (nSPS) is 27.4. The molecule has 1 fully saturated rings. The van der Waals surface area contributed by atoms with Gasteiger partial charge in [-0.3, -0.25) is 4.79 Å². The number of nitrogens with two attached hydrogens (primary N) is 1. The largest absolute Gasteiger partial charge is 0.460 e. The zero-order chi connectivity index (χ0) is 12.0. The summed E-state index contributed by atoms with van der Waals surface area (Å²) in [6.07, 6.45) is 3.81. The van der Waals surface area contributed by atoms with Gasteiger partial charge in [-0.2, -0.15) is 0 Å². The van der Waals surface area contributed by atoms with E-state index in [0.717, 1.165) is 25.7 Å². The molecule has 1 aliphatic carbocycles. The smallest absolute Gasteiger partial charge is 0.310 e. The molecule has 0 aromatic rings. The van der Waals surface area contributed by atoms with Gasteiger partial charge >= 0.3 is 5.97 Å². The fourth-order valence-corrected chi connectivity index (χ4v) is 2.06. The molecular weight excluding hydrogens is 206 g/mol. The van der Waals surface area contributed by atoms with Crippen LogP contribution in [0, 0.1) is 5.92 Å². The van der Waals surface area contributed by atoms with Crippen molar-refractivity contribution in [3.63, 3.8) is 0 Å². The number of esters is 1. The Morgan fingerprint density at radius 1 is 1.44 bits per heavy atom. The summed E-state index contributed by atoms with van der Waals surface area (Å²) in [5, 5.41) is 0. The first kappa shape index (κ1) is 13.5. The Morgan fingerprint density at radius 3 is 2.75 bits per heavy atom. The molecule has 0 bridgehead atoms. The molecule has 0 saturated heterocycles. The minimum Gasteiger partial charge on any atom is -0.460 e. The maximum absolute atomic E-state index is 11.8. The molecule has 1 saturated carbocycles. The lowest BCUT2D eigenvalue weighted by molar-refractivity contribution is -0.157. The van der Waals surface area contributed by atoms with Gasteiger partial charge in [0.2, 0.25) is 0 Å². The van der Waals surface area contributed by atoms with E-state index in [0.29, 0.717) is 13.2 Å². The molecule has 2 N–H and O–H groups in total. The standard InChI is InChI=1S/C12H23NO3/c1-3-15-8-9(2)16-12(14)10-6-4-5-7-11(10)13/h9-11H,3-8,13H2,1-2H3. The van der Waals surface area contributed by atoms with Crippen LogP contribution < -0.4 is 5.73 Å². The SMILES string of the molecule is CCOCC(C)OC(=O)C1CCCCC1N. The molecule has 0 radical (unpaired) electrons. The number of ether oxygens (including phenoxy) is 2. The second-order valence-corrected chi connectivity index (χ2v) is 4.46. The van der Waals surface area contributed by atoms with Gasteiger partial charge in [-0.25, -0.2) is 0 Å². The monoisotopic (exact) mass is 229 g/mol. The van der Waals surface area contributed by atoms with Crippen LogP contribution in [0.5, 0.6) is 0 Å². The van der Waals surface area contributed by atoms with Crippen molar-refractivity contribution in [1.82, 2.24) is 0 Å². The molecule has 3 atom stereocenters. The van der Waals surface area contributed by atoms with Crippen LogP contribution in [0.15, 0.2) is 0 Å². The van der Waals surface area contributed by atoms with Crippen molar-refractivity contribution < 1.29 is 14.3 Å². The van der Waals surface area contributed by atoms with Crippen molar-refractivity contribution in [3.8, 4) is 0 Å². The summed E-state index contributed by atoms with van der Waals surface area (Å²) in [6.45, 7) is 4.88. The van der Waals surface area contributed by atoms with E-state index in [9.17, 15) is 4.79 Å². The first-order chi connectivity index (χ1) is 7.65. The highest BCUT2D eigenvalue weighted by Crippen LogP contribution is 2.24. The molecule has 0 aromatic carbocycles. The van der Waals surface area contributed by atoms with E-state index in [1.165, 1.54) is 0 Å². The lowest BCUT2D eigenvalue weighted by Gasteiger charge is -2.27. The number of carbonyl (C=O) groups excluding carboxylic acids is 1. The quantitative estimate of drug-likeness (QED) is 0.725. The molecular formula is C12H23NO3. The highest BCUT2D eigenvalue weighted by molar-refractivity contribution is 5.73. The van der Waals surface area contributed by atoms with Crippen molar-refractivity contribution in [2.75, 3.05) is 13.2 Å². The number of rotatable bonds is 5. The van der Waals surface area contributed by atoms with Crippen LogP contribution in [0.2, 0.25) is 0 Å². The van der Waals surface area contributed by atoms with Crippen LogP contribution in [-0.2, 0) is 14.3 Å². The van der Waals surface area contributed by atoms with Crippen molar-refractivity contribution in [2.24, 2.45) is 11.7 Å². The summed E-state index contributed by atoms with van der Waals surface area (Å²) in [6, 6.07) is -0.0273. The topological polar surface area (TPSA) is 61.5 Å². The van der Waals surface area contributed by atoms with E-state index < -0.39 is 0 Å². The third-order valence-corrected chi connectivity index (χ3v) is 3.00. The van der Waals surface area contributed by atoms with Crippen LogP contribution in [-0.4, -0.2) is 31.3 Å². The lowest BCUT2D eigenvalue weighted by atomic mass is 9.85. The van der Waals surface area contributed by atoms with Crippen LogP contribution in [0.1, 0.15) is 39.5 Å². The summed E-state index contributed by atoms with van der Waals surface area (Å²) in [4.78, 5) is 11.8. The number of carbonyl (C=O) groups is 1.